The van der Waals surface area contributed by atoms with E-state index in [0.29, 0.717) is 21.7 Å². The molecule has 0 fully saturated rings. The molecule has 3 aromatic carbocycles. The Balaban J connectivity index is 1.93. The number of aromatic nitrogens is 3. The third-order valence-electron chi connectivity index (χ3n) is 7.02. The second kappa shape index (κ2) is 9.42. The van der Waals surface area contributed by atoms with Gasteiger partial charge in [-0.3, -0.25) is 0 Å². The molecule has 1 aromatic heterocycles. The maximum absolute atomic E-state index is 11.6. The molecule has 34 heavy (non-hydrogen) atoms. The van der Waals surface area contributed by atoms with Crippen LogP contribution in [0, 0.1) is 0 Å². The van der Waals surface area contributed by atoms with Crippen molar-refractivity contribution in [1.29, 1.82) is 0 Å². The highest BCUT2D eigenvalue weighted by Gasteiger charge is 2.32. The molecule has 0 saturated heterocycles. The summed E-state index contributed by atoms with van der Waals surface area (Å²) in [6.07, 6.45) is 4.63. The predicted octanol–water partition coefficient (Wildman–Crippen LogP) is 7.96. The zero-order valence-electron chi connectivity index (χ0n) is 20.8. The van der Waals surface area contributed by atoms with Crippen LogP contribution in [-0.2, 0) is 10.8 Å². The first-order valence-corrected chi connectivity index (χ1v) is 12.5. The Labute approximate surface area is 207 Å². The molecule has 0 aliphatic heterocycles. The summed E-state index contributed by atoms with van der Waals surface area (Å²) in [7, 11) is 0. The first-order valence-electron chi connectivity index (χ1n) is 12.1. The zero-order valence-corrected chi connectivity index (χ0v) is 21.5. The molecule has 1 heterocycles. The molecule has 5 heteroatoms. The molecule has 0 spiro atoms. The van der Waals surface area contributed by atoms with Crippen LogP contribution in [0.4, 0.5) is 0 Å². The number of halogens is 1. The molecule has 178 valence electrons. The van der Waals surface area contributed by atoms with Gasteiger partial charge in [-0.25, -0.2) is 0 Å². The van der Waals surface area contributed by atoms with Crippen LogP contribution in [0.3, 0.4) is 0 Å². The second-order valence-corrected chi connectivity index (χ2v) is 10.7. The number of hydrogen-bond donors (Lipinski definition) is 1. The molecule has 4 nitrogen and oxygen atoms in total. The molecule has 4 rings (SSSR count). The van der Waals surface area contributed by atoms with E-state index in [-0.39, 0.29) is 11.2 Å². The molecule has 0 amide bonds. The Morgan fingerprint density at radius 2 is 1.62 bits per heavy atom. The Bertz CT molecular complexity index is 1290. The van der Waals surface area contributed by atoms with Crippen molar-refractivity contribution in [3.05, 3.63) is 82.4 Å². The van der Waals surface area contributed by atoms with Crippen LogP contribution in [0.5, 0.6) is 5.75 Å². The van der Waals surface area contributed by atoms with Crippen LogP contribution in [0.1, 0.15) is 77.0 Å². The molecular formula is C29H34ClN3O. The third-order valence-corrected chi connectivity index (χ3v) is 7.33. The number of phenolic OH excluding ortho intramolecular Hbond substituents is 1. The minimum Gasteiger partial charge on any atom is -0.505 e. The highest BCUT2D eigenvalue weighted by atomic mass is 35.5. The van der Waals surface area contributed by atoms with Crippen LogP contribution in [-0.4, -0.2) is 20.1 Å². The summed E-state index contributed by atoms with van der Waals surface area (Å²) in [5, 5.41) is 21.5. The highest BCUT2D eigenvalue weighted by Crippen LogP contribution is 2.43. The number of fused-ring (bicyclic) bond motifs is 1. The number of hydrogen-bond acceptors (Lipinski definition) is 3. The Hall–Kier alpha value is -2.85. The lowest BCUT2D eigenvalue weighted by molar-refractivity contribution is 0.433. The lowest BCUT2D eigenvalue weighted by Crippen LogP contribution is -2.23. The van der Waals surface area contributed by atoms with E-state index in [2.05, 4.69) is 63.0 Å². The SMILES string of the molecule is CCCCCC(C)(C)c1cc(-n2nc3cccc(Cl)c3n2)c(O)c(C(C)(C)c2ccccc2)c1. The number of aromatic hydroxyl groups is 1. The number of rotatable bonds is 8. The Kier molecular flexibility index (Phi) is 6.73. The van der Waals surface area contributed by atoms with Crippen molar-refractivity contribution < 1.29 is 5.11 Å². The average molecular weight is 476 g/mol. The summed E-state index contributed by atoms with van der Waals surface area (Å²) in [5.74, 6) is 0.193. The van der Waals surface area contributed by atoms with Crippen LogP contribution in [0.2, 0.25) is 5.02 Å². The largest absolute Gasteiger partial charge is 0.505 e. The first-order chi connectivity index (χ1) is 16.1. The lowest BCUT2D eigenvalue weighted by Gasteiger charge is -2.32. The summed E-state index contributed by atoms with van der Waals surface area (Å²) < 4.78 is 0. The van der Waals surface area contributed by atoms with E-state index in [9.17, 15) is 5.11 Å². The van der Waals surface area contributed by atoms with Gasteiger partial charge in [-0.1, -0.05) is 108 Å². The summed E-state index contributed by atoms with van der Waals surface area (Å²) in [6.45, 7) is 11.1. The van der Waals surface area contributed by atoms with Gasteiger partial charge in [0.15, 0.2) is 0 Å². The van der Waals surface area contributed by atoms with Crippen LogP contribution < -0.4 is 0 Å². The number of phenols is 1. The number of unbranched alkanes of at least 4 members (excludes halogenated alkanes) is 2. The van der Waals surface area contributed by atoms with Gasteiger partial charge >= 0.3 is 0 Å². The van der Waals surface area contributed by atoms with E-state index in [0.717, 1.165) is 24.0 Å². The number of nitrogens with zero attached hydrogens (tertiary/aromatic N) is 3. The molecular weight excluding hydrogens is 442 g/mol. The topological polar surface area (TPSA) is 50.9 Å². The quantitative estimate of drug-likeness (QED) is 0.263. The van der Waals surface area contributed by atoms with Crippen molar-refractivity contribution >= 4 is 22.6 Å². The number of benzene rings is 3. The minimum absolute atomic E-state index is 0.0661. The van der Waals surface area contributed by atoms with Crippen LogP contribution in [0.15, 0.2) is 60.7 Å². The van der Waals surface area contributed by atoms with Gasteiger partial charge in [0, 0.05) is 11.0 Å². The normalized spacial score (nSPS) is 12.4. The van der Waals surface area contributed by atoms with Gasteiger partial charge in [-0.15, -0.1) is 15.0 Å². The zero-order chi connectivity index (χ0) is 24.5. The Morgan fingerprint density at radius 1 is 0.882 bits per heavy atom. The second-order valence-electron chi connectivity index (χ2n) is 10.3. The van der Waals surface area contributed by atoms with Crippen molar-refractivity contribution in [3.8, 4) is 11.4 Å². The van der Waals surface area contributed by atoms with E-state index in [4.69, 9.17) is 11.6 Å². The van der Waals surface area contributed by atoms with E-state index in [1.54, 1.807) is 6.07 Å². The third kappa shape index (κ3) is 4.56. The minimum atomic E-state index is -0.417. The first kappa shape index (κ1) is 24.3. The molecule has 0 atom stereocenters. The van der Waals surface area contributed by atoms with Crippen molar-refractivity contribution in [1.82, 2.24) is 15.0 Å². The Morgan fingerprint density at radius 3 is 2.29 bits per heavy atom. The van der Waals surface area contributed by atoms with Gasteiger partial charge in [0.25, 0.3) is 0 Å². The highest BCUT2D eigenvalue weighted by molar-refractivity contribution is 6.34. The summed E-state index contributed by atoms with van der Waals surface area (Å²) >= 11 is 6.38. The standard InChI is InChI=1S/C29H34ClN3O/c1-6-7-11-17-28(2,3)21-18-22(29(4,5)20-13-9-8-10-14-20)27(34)25(19-21)33-31-24-16-12-15-23(30)26(24)32-33/h8-10,12-16,18-19,34H,6-7,11,17H2,1-5H3. The van der Waals surface area contributed by atoms with E-state index in [1.165, 1.54) is 23.2 Å². The van der Waals surface area contributed by atoms with Gasteiger partial charge in [-0.2, -0.15) is 0 Å². The van der Waals surface area contributed by atoms with E-state index < -0.39 is 5.41 Å². The van der Waals surface area contributed by atoms with Gasteiger partial charge in [0.2, 0.25) is 0 Å². The summed E-state index contributed by atoms with van der Waals surface area (Å²) in [6, 6.07) is 20.1. The summed E-state index contributed by atoms with van der Waals surface area (Å²) in [4.78, 5) is 1.53. The van der Waals surface area contributed by atoms with Crippen molar-refractivity contribution in [3.63, 3.8) is 0 Å². The van der Waals surface area contributed by atoms with E-state index >= 15 is 0 Å². The molecule has 4 aromatic rings. The van der Waals surface area contributed by atoms with Gasteiger partial charge in [0.05, 0.1) is 5.02 Å². The summed E-state index contributed by atoms with van der Waals surface area (Å²) in [5.41, 5.74) is 4.59. The molecule has 0 bridgehead atoms. The van der Waals surface area contributed by atoms with Crippen molar-refractivity contribution in [2.24, 2.45) is 0 Å². The molecule has 0 saturated carbocycles. The van der Waals surface area contributed by atoms with E-state index in [1.807, 2.05) is 36.4 Å². The van der Waals surface area contributed by atoms with Gasteiger partial charge < -0.3 is 5.11 Å². The maximum atomic E-state index is 11.6. The monoisotopic (exact) mass is 475 g/mol. The van der Waals surface area contributed by atoms with Gasteiger partial charge in [0.1, 0.15) is 22.5 Å². The van der Waals surface area contributed by atoms with Crippen molar-refractivity contribution in [2.45, 2.75) is 71.1 Å². The molecule has 1 N–H and O–H groups in total. The molecule has 0 radical (unpaired) electrons. The average Bonchev–Trinajstić information content (AvgIpc) is 3.25. The smallest absolute Gasteiger partial charge is 0.147 e. The lowest BCUT2D eigenvalue weighted by atomic mass is 9.73. The van der Waals surface area contributed by atoms with Crippen LogP contribution in [0.25, 0.3) is 16.7 Å². The predicted molar refractivity (Wildman–Crippen MR) is 141 cm³/mol. The van der Waals surface area contributed by atoms with Crippen LogP contribution >= 0.6 is 11.6 Å². The van der Waals surface area contributed by atoms with Crippen molar-refractivity contribution in [2.75, 3.05) is 0 Å². The molecule has 0 aliphatic carbocycles. The molecule has 0 aliphatic rings. The fourth-order valence-corrected chi connectivity index (χ4v) is 4.83. The fraction of sp³-hybridized carbons (Fsp3) is 0.379. The molecule has 0 unspecified atom stereocenters. The van der Waals surface area contributed by atoms with Gasteiger partial charge in [-0.05, 0) is 41.2 Å². The maximum Gasteiger partial charge on any atom is 0.147 e. The fourth-order valence-electron chi connectivity index (χ4n) is 4.62.